The van der Waals surface area contributed by atoms with Crippen LogP contribution in [-0.2, 0) is 15.6 Å². The molecule has 0 unspecified atom stereocenters. The summed E-state index contributed by atoms with van der Waals surface area (Å²) in [5, 5.41) is 9.85. The van der Waals surface area contributed by atoms with E-state index in [4.69, 9.17) is 15.6 Å². The van der Waals surface area contributed by atoms with Crippen molar-refractivity contribution in [2.45, 2.75) is 34.5 Å². The van der Waals surface area contributed by atoms with Gasteiger partial charge in [-0.3, -0.25) is 0 Å². The van der Waals surface area contributed by atoms with Gasteiger partial charge in [0.05, 0.1) is 0 Å². The molecule has 2 aliphatic heterocycles. The van der Waals surface area contributed by atoms with Gasteiger partial charge in [0.1, 0.15) is 0 Å². The fourth-order valence-corrected chi connectivity index (χ4v) is 7.32. The summed E-state index contributed by atoms with van der Waals surface area (Å²) in [7, 11) is 1.55. The van der Waals surface area contributed by atoms with Gasteiger partial charge in [-0.1, -0.05) is 0 Å². The summed E-state index contributed by atoms with van der Waals surface area (Å²) in [6.45, 7) is 0.389. The van der Waals surface area contributed by atoms with E-state index in [1.807, 2.05) is 9.88 Å². The molecule has 0 aromatic heterocycles. The minimum atomic E-state index is -2.83. The van der Waals surface area contributed by atoms with Gasteiger partial charge in [0.25, 0.3) is 0 Å². The second-order valence-electron chi connectivity index (χ2n) is 4.07. The molecule has 0 amide bonds. The molecule has 6 heteroatoms. The fourth-order valence-electron chi connectivity index (χ4n) is 1.91. The molecule has 5 nitrogen and oxygen atoms in total. The second-order valence-corrected chi connectivity index (χ2v) is 13.4. The third kappa shape index (κ3) is 1.93. The normalized spacial score (nSPS) is 46.3. The van der Waals surface area contributed by atoms with E-state index in [1.165, 1.54) is 0 Å². The molecule has 82 valence electrons. The first kappa shape index (κ1) is 11.1. The molecular formula is C8H16O5Sn. The van der Waals surface area contributed by atoms with E-state index in [-0.39, 0.29) is 12.2 Å². The van der Waals surface area contributed by atoms with Crippen LogP contribution in [0.4, 0.5) is 0 Å². The number of aliphatic hydroxyl groups excluding tert-OH is 1. The molecule has 2 aliphatic rings. The first-order valence-electron chi connectivity index (χ1n) is 4.71. The van der Waals surface area contributed by atoms with E-state index in [0.29, 0.717) is 6.61 Å². The van der Waals surface area contributed by atoms with Crippen LogP contribution in [0.1, 0.15) is 0 Å². The van der Waals surface area contributed by atoms with Crippen molar-refractivity contribution < 1.29 is 20.7 Å². The van der Waals surface area contributed by atoms with E-state index < -0.39 is 31.6 Å². The predicted molar refractivity (Wildman–Crippen MR) is 50.0 cm³/mol. The van der Waals surface area contributed by atoms with Crippen LogP contribution in [0, 0.1) is 0 Å². The first-order chi connectivity index (χ1) is 6.53. The standard InChI is InChI=1S/C6H10O5.2CH3.Sn/c1-10-6-5(9)4(8)3(7)2-11-6;;;/h3-6,8H,2H2,1H3;2*1H3;/q-2;;;+2/t3-,4+,5-,6+;;;/m1.../s1. The van der Waals surface area contributed by atoms with Crippen LogP contribution < -0.4 is 0 Å². The summed E-state index contributed by atoms with van der Waals surface area (Å²) in [4.78, 5) is 4.05. The van der Waals surface area contributed by atoms with Crippen molar-refractivity contribution in [2.24, 2.45) is 0 Å². The van der Waals surface area contributed by atoms with Gasteiger partial charge in [0, 0.05) is 0 Å². The Bertz CT molecular complexity index is 220. The quantitative estimate of drug-likeness (QED) is 0.682. The molecule has 0 saturated carbocycles. The van der Waals surface area contributed by atoms with Crippen molar-refractivity contribution in [1.82, 2.24) is 0 Å². The zero-order valence-electron chi connectivity index (χ0n) is 8.60. The molecule has 2 heterocycles. The summed E-state index contributed by atoms with van der Waals surface area (Å²) in [5.74, 6) is 0. The summed E-state index contributed by atoms with van der Waals surface area (Å²) in [5.41, 5.74) is 0. The van der Waals surface area contributed by atoms with Gasteiger partial charge in [0.15, 0.2) is 0 Å². The molecule has 1 N–H and O–H groups in total. The number of hydrogen-bond donors (Lipinski definition) is 1. The molecule has 0 aromatic rings. The van der Waals surface area contributed by atoms with Gasteiger partial charge < -0.3 is 0 Å². The predicted octanol–water partition coefficient (Wildman–Crippen LogP) is -0.164. The third-order valence-corrected chi connectivity index (χ3v) is 7.38. The average Bonchev–Trinajstić information content (AvgIpc) is 2.09. The molecule has 0 radical (unpaired) electrons. The van der Waals surface area contributed by atoms with Crippen LogP contribution >= 0.6 is 0 Å². The Morgan fingerprint density at radius 3 is 2.71 bits per heavy atom. The number of rotatable bonds is 1. The SMILES string of the molecule is CO[C@H]1OC[C@H]2[O][Sn]([CH3])([CH3])[O][C@@H]1[C@H]2O. The first-order valence-corrected chi connectivity index (χ1v) is 12.8. The van der Waals surface area contributed by atoms with Gasteiger partial charge in [-0.25, -0.2) is 0 Å². The van der Waals surface area contributed by atoms with E-state index >= 15 is 0 Å². The number of aliphatic hydroxyl groups is 1. The van der Waals surface area contributed by atoms with Crippen LogP contribution in [-0.4, -0.2) is 62.6 Å². The van der Waals surface area contributed by atoms with Gasteiger partial charge in [-0.15, -0.1) is 0 Å². The van der Waals surface area contributed by atoms with Crippen molar-refractivity contribution in [3.05, 3.63) is 0 Å². The van der Waals surface area contributed by atoms with E-state index in [2.05, 4.69) is 0 Å². The van der Waals surface area contributed by atoms with E-state index in [9.17, 15) is 5.11 Å². The fraction of sp³-hybridized carbons (Fsp3) is 1.00. The van der Waals surface area contributed by atoms with Crippen molar-refractivity contribution in [2.75, 3.05) is 13.7 Å². The molecular weight excluding hydrogens is 295 g/mol. The van der Waals surface area contributed by atoms with Crippen LogP contribution in [0.5, 0.6) is 0 Å². The molecule has 2 saturated heterocycles. The monoisotopic (exact) mass is 312 g/mol. The van der Waals surface area contributed by atoms with Gasteiger partial charge in [-0.05, 0) is 0 Å². The zero-order valence-corrected chi connectivity index (χ0v) is 11.5. The number of fused-ring (bicyclic) bond motifs is 2. The van der Waals surface area contributed by atoms with Crippen molar-refractivity contribution in [1.29, 1.82) is 0 Å². The summed E-state index contributed by atoms with van der Waals surface area (Å²) in [6.07, 6.45) is -1.69. The summed E-state index contributed by atoms with van der Waals surface area (Å²) >= 11 is -2.83. The minimum absolute atomic E-state index is 0.231. The molecule has 0 aliphatic carbocycles. The number of ether oxygens (including phenoxy) is 2. The molecule has 2 rings (SSSR count). The third-order valence-electron chi connectivity index (χ3n) is 2.50. The Kier molecular flexibility index (Phi) is 3.07. The van der Waals surface area contributed by atoms with Crippen molar-refractivity contribution in [3.63, 3.8) is 0 Å². The Balaban J connectivity index is 2.15. The van der Waals surface area contributed by atoms with Gasteiger partial charge in [-0.2, -0.15) is 0 Å². The number of methoxy groups -OCH3 is 1. The Hall–Kier alpha value is 0.599. The average molecular weight is 311 g/mol. The van der Waals surface area contributed by atoms with Crippen LogP contribution in [0.3, 0.4) is 0 Å². The van der Waals surface area contributed by atoms with E-state index in [1.54, 1.807) is 7.11 Å². The molecule has 2 bridgehead atoms. The van der Waals surface area contributed by atoms with Crippen molar-refractivity contribution in [3.8, 4) is 0 Å². The van der Waals surface area contributed by atoms with Crippen molar-refractivity contribution >= 4 is 19.2 Å². The van der Waals surface area contributed by atoms with Crippen LogP contribution in [0.25, 0.3) is 0 Å². The topological polar surface area (TPSA) is 57.2 Å². The molecule has 0 spiro atoms. The van der Waals surface area contributed by atoms with Crippen LogP contribution in [0.2, 0.25) is 9.88 Å². The van der Waals surface area contributed by atoms with Gasteiger partial charge in [0.2, 0.25) is 0 Å². The second kappa shape index (κ2) is 3.88. The maximum atomic E-state index is 9.85. The van der Waals surface area contributed by atoms with E-state index in [0.717, 1.165) is 0 Å². The summed E-state index contributed by atoms with van der Waals surface area (Å²) in [6, 6.07) is 0. The zero-order chi connectivity index (χ0) is 10.3. The maximum absolute atomic E-state index is 9.85. The van der Waals surface area contributed by atoms with Crippen LogP contribution in [0.15, 0.2) is 0 Å². The number of hydrogen-bond acceptors (Lipinski definition) is 5. The Morgan fingerprint density at radius 1 is 1.36 bits per heavy atom. The van der Waals surface area contributed by atoms with Gasteiger partial charge >= 0.3 is 88.1 Å². The molecule has 2 fully saturated rings. The molecule has 14 heavy (non-hydrogen) atoms. The summed E-state index contributed by atoms with van der Waals surface area (Å²) < 4.78 is 21.9. The molecule has 0 aromatic carbocycles. The molecule has 4 atom stereocenters. The Morgan fingerprint density at radius 2 is 2.07 bits per heavy atom. The Labute approximate surface area is 88.2 Å².